The number of ether oxygens (including phenoxy) is 2. The van der Waals surface area contributed by atoms with E-state index in [0.717, 1.165) is 11.1 Å². The van der Waals surface area contributed by atoms with E-state index < -0.39 is 0 Å². The standard InChI is InChI=1S/C17H17ClO3/c1-2-20-17(19)11-14-8-9-15(18)16(10-14)21-12-13-6-4-3-5-7-13/h3-10H,2,11-12H2,1H3. The van der Waals surface area contributed by atoms with Crippen molar-refractivity contribution >= 4 is 17.6 Å². The Labute approximate surface area is 129 Å². The molecule has 2 aromatic carbocycles. The quantitative estimate of drug-likeness (QED) is 0.756. The molecule has 0 amide bonds. The average Bonchev–Trinajstić information content (AvgIpc) is 2.49. The van der Waals surface area contributed by atoms with Gasteiger partial charge < -0.3 is 9.47 Å². The van der Waals surface area contributed by atoms with E-state index in [-0.39, 0.29) is 12.4 Å². The van der Waals surface area contributed by atoms with E-state index in [2.05, 4.69) is 0 Å². The van der Waals surface area contributed by atoms with Crippen LogP contribution in [-0.4, -0.2) is 12.6 Å². The van der Waals surface area contributed by atoms with Gasteiger partial charge in [-0.05, 0) is 30.2 Å². The largest absolute Gasteiger partial charge is 0.487 e. The molecule has 0 fully saturated rings. The van der Waals surface area contributed by atoms with Crippen LogP contribution in [0, 0.1) is 0 Å². The third-order valence-corrected chi connectivity index (χ3v) is 3.20. The Morgan fingerprint density at radius 2 is 1.86 bits per heavy atom. The highest BCUT2D eigenvalue weighted by Gasteiger charge is 2.08. The van der Waals surface area contributed by atoms with Crippen LogP contribution in [0.2, 0.25) is 5.02 Å². The summed E-state index contributed by atoms with van der Waals surface area (Å²) in [7, 11) is 0. The summed E-state index contributed by atoms with van der Waals surface area (Å²) >= 11 is 6.12. The van der Waals surface area contributed by atoms with E-state index >= 15 is 0 Å². The summed E-state index contributed by atoms with van der Waals surface area (Å²) in [6.45, 7) is 2.60. The number of hydrogen-bond donors (Lipinski definition) is 0. The second kappa shape index (κ2) is 7.70. The zero-order valence-electron chi connectivity index (χ0n) is 11.8. The minimum atomic E-state index is -0.256. The Kier molecular flexibility index (Phi) is 5.64. The lowest BCUT2D eigenvalue weighted by molar-refractivity contribution is -0.142. The van der Waals surface area contributed by atoms with Crippen molar-refractivity contribution in [3.63, 3.8) is 0 Å². The summed E-state index contributed by atoms with van der Waals surface area (Å²) in [5, 5.41) is 0.526. The number of benzene rings is 2. The summed E-state index contributed by atoms with van der Waals surface area (Å²) in [5.74, 6) is 0.316. The van der Waals surface area contributed by atoms with Crippen molar-refractivity contribution in [1.82, 2.24) is 0 Å². The Hall–Kier alpha value is -2.00. The predicted octanol–water partition coefficient (Wildman–Crippen LogP) is 4.02. The number of carbonyl (C=O) groups is 1. The van der Waals surface area contributed by atoms with Crippen LogP contribution in [0.25, 0.3) is 0 Å². The first-order valence-corrected chi connectivity index (χ1v) is 7.17. The number of rotatable bonds is 6. The van der Waals surface area contributed by atoms with Crippen LogP contribution >= 0.6 is 11.6 Å². The maximum Gasteiger partial charge on any atom is 0.310 e. The number of esters is 1. The molecule has 0 saturated carbocycles. The highest BCUT2D eigenvalue weighted by atomic mass is 35.5. The van der Waals surface area contributed by atoms with Crippen molar-refractivity contribution in [3.05, 3.63) is 64.7 Å². The molecule has 0 heterocycles. The van der Waals surface area contributed by atoms with Gasteiger partial charge in [-0.2, -0.15) is 0 Å². The van der Waals surface area contributed by atoms with Gasteiger partial charge >= 0.3 is 5.97 Å². The molecule has 2 aromatic rings. The lowest BCUT2D eigenvalue weighted by Gasteiger charge is -2.10. The van der Waals surface area contributed by atoms with Crippen LogP contribution in [0.1, 0.15) is 18.1 Å². The zero-order chi connectivity index (χ0) is 15.1. The molecule has 0 radical (unpaired) electrons. The van der Waals surface area contributed by atoms with Crippen LogP contribution < -0.4 is 4.74 Å². The van der Waals surface area contributed by atoms with Crippen molar-refractivity contribution in [1.29, 1.82) is 0 Å². The predicted molar refractivity (Wildman–Crippen MR) is 82.6 cm³/mol. The van der Waals surface area contributed by atoms with Crippen LogP contribution in [0.15, 0.2) is 48.5 Å². The average molecular weight is 305 g/mol. The van der Waals surface area contributed by atoms with Gasteiger partial charge in [-0.3, -0.25) is 4.79 Å². The normalized spacial score (nSPS) is 10.2. The molecule has 0 atom stereocenters. The van der Waals surface area contributed by atoms with Gasteiger partial charge in [-0.15, -0.1) is 0 Å². The van der Waals surface area contributed by atoms with Crippen molar-refractivity contribution < 1.29 is 14.3 Å². The molecule has 0 aliphatic heterocycles. The third-order valence-electron chi connectivity index (χ3n) is 2.89. The first kappa shape index (κ1) is 15.4. The smallest absolute Gasteiger partial charge is 0.310 e. The Balaban J connectivity index is 2.03. The van der Waals surface area contributed by atoms with Crippen molar-refractivity contribution in [2.24, 2.45) is 0 Å². The number of carbonyl (C=O) groups excluding carboxylic acids is 1. The first-order chi connectivity index (χ1) is 10.2. The topological polar surface area (TPSA) is 35.5 Å². The second-order valence-corrected chi connectivity index (χ2v) is 4.93. The van der Waals surface area contributed by atoms with Gasteiger partial charge in [-0.25, -0.2) is 0 Å². The van der Waals surface area contributed by atoms with E-state index in [1.807, 2.05) is 30.3 Å². The van der Waals surface area contributed by atoms with E-state index in [0.29, 0.717) is 24.0 Å². The minimum Gasteiger partial charge on any atom is -0.487 e. The molecule has 0 unspecified atom stereocenters. The molecule has 0 aromatic heterocycles. The molecular weight excluding hydrogens is 288 g/mol. The minimum absolute atomic E-state index is 0.215. The molecule has 0 bridgehead atoms. The van der Waals surface area contributed by atoms with E-state index in [1.54, 1.807) is 25.1 Å². The Morgan fingerprint density at radius 1 is 1.10 bits per heavy atom. The van der Waals surface area contributed by atoms with Crippen LogP contribution in [0.5, 0.6) is 5.75 Å². The van der Waals surface area contributed by atoms with Gasteiger partial charge in [0, 0.05) is 0 Å². The fourth-order valence-electron chi connectivity index (χ4n) is 1.88. The molecule has 2 rings (SSSR count). The molecule has 21 heavy (non-hydrogen) atoms. The molecule has 0 spiro atoms. The molecule has 0 aliphatic rings. The lowest BCUT2D eigenvalue weighted by Crippen LogP contribution is -2.07. The summed E-state index contributed by atoms with van der Waals surface area (Å²) in [6, 6.07) is 15.1. The lowest BCUT2D eigenvalue weighted by atomic mass is 10.1. The van der Waals surface area contributed by atoms with Gasteiger partial charge in [-0.1, -0.05) is 48.0 Å². The second-order valence-electron chi connectivity index (χ2n) is 4.52. The maximum atomic E-state index is 11.5. The van der Waals surface area contributed by atoms with Gasteiger partial charge in [0.05, 0.1) is 18.1 Å². The molecule has 110 valence electrons. The van der Waals surface area contributed by atoms with Crippen molar-refractivity contribution in [2.75, 3.05) is 6.61 Å². The van der Waals surface area contributed by atoms with Crippen LogP contribution in [0.4, 0.5) is 0 Å². The summed E-state index contributed by atoms with van der Waals surface area (Å²) in [5.41, 5.74) is 1.88. The van der Waals surface area contributed by atoms with E-state index in [1.165, 1.54) is 0 Å². The fraction of sp³-hybridized carbons (Fsp3) is 0.235. The summed E-state index contributed by atoms with van der Waals surface area (Å²) < 4.78 is 10.7. The molecule has 0 aliphatic carbocycles. The zero-order valence-corrected chi connectivity index (χ0v) is 12.6. The Bertz CT molecular complexity index is 596. The van der Waals surface area contributed by atoms with Gasteiger partial charge in [0.15, 0.2) is 0 Å². The van der Waals surface area contributed by atoms with Crippen molar-refractivity contribution in [2.45, 2.75) is 20.0 Å². The molecular formula is C17H17ClO3. The Morgan fingerprint density at radius 3 is 2.57 bits per heavy atom. The van der Waals surface area contributed by atoms with E-state index in [4.69, 9.17) is 21.1 Å². The SMILES string of the molecule is CCOC(=O)Cc1ccc(Cl)c(OCc2ccccc2)c1. The monoisotopic (exact) mass is 304 g/mol. The van der Waals surface area contributed by atoms with Gasteiger partial charge in [0.2, 0.25) is 0 Å². The summed E-state index contributed by atoms with van der Waals surface area (Å²) in [6.07, 6.45) is 0.215. The molecule has 4 heteroatoms. The summed E-state index contributed by atoms with van der Waals surface area (Å²) in [4.78, 5) is 11.5. The first-order valence-electron chi connectivity index (χ1n) is 6.80. The van der Waals surface area contributed by atoms with Gasteiger partial charge in [0.25, 0.3) is 0 Å². The van der Waals surface area contributed by atoms with Gasteiger partial charge in [0.1, 0.15) is 12.4 Å². The third kappa shape index (κ3) is 4.80. The fourth-order valence-corrected chi connectivity index (χ4v) is 2.05. The van der Waals surface area contributed by atoms with Crippen LogP contribution in [-0.2, 0) is 22.6 Å². The molecule has 0 saturated heterocycles. The number of hydrogen-bond acceptors (Lipinski definition) is 3. The highest BCUT2D eigenvalue weighted by Crippen LogP contribution is 2.26. The van der Waals surface area contributed by atoms with Crippen LogP contribution in [0.3, 0.4) is 0 Å². The number of halogens is 1. The molecule has 3 nitrogen and oxygen atoms in total. The highest BCUT2D eigenvalue weighted by molar-refractivity contribution is 6.32. The maximum absolute atomic E-state index is 11.5. The molecule has 0 N–H and O–H groups in total. The van der Waals surface area contributed by atoms with Crippen molar-refractivity contribution in [3.8, 4) is 5.75 Å². The van der Waals surface area contributed by atoms with E-state index in [9.17, 15) is 4.79 Å².